The molecule has 1 amide bonds. The highest BCUT2D eigenvalue weighted by Gasteiger charge is 2.06. The van der Waals surface area contributed by atoms with E-state index in [1.807, 2.05) is 12.1 Å². The summed E-state index contributed by atoms with van der Waals surface area (Å²) in [4.78, 5) is 26.2. The fourth-order valence-corrected chi connectivity index (χ4v) is 2.18. The number of aliphatic carboxylic acids is 1. The molecule has 2 N–H and O–H groups in total. The van der Waals surface area contributed by atoms with Gasteiger partial charge in [0.2, 0.25) is 5.91 Å². The number of aromatic nitrogens is 1. The number of carboxylic acid groups (broad SMARTS) is 1. The van der Waals surface area contributed by atoms with Gasteiger partial charge in [0.1, 0.15) is 12.0 Å². The van der Waals surface area contributed by atoms with Crippen molar-refractivity contribution in [1.82, 2.24) is 4.98 Å². The molecule has 110 valence electrons. The van der Waals surface area contributed by atoms with Gasteiger partial charge in [0, 0.05) is 18.2 Å². The number of thioether (sulfide) groups is 1. The number of benzene rings is 1. The van der Waals surface area contributed by atoms with Gasteiger partial charge in [-0.3, -0.25) is 9.59 Å². The number of aryl methyl sites for hydroxylation is 1. The van der Waals surface area contributed by atoms with Crippen molar-refractivity contribution in [2.75, 3.05) is 16.8 Å². The number of hydrogen-bond donors (Lipinski definition) is 2. The summed E-state index contributed by atoms with van der Waals surface area (Å²) in [5, 5.41) is 11.2. The van der Waals surface area contributed by atoms with Crippen LogP contribution in [0.25, 0.3) is 11.3 Å². The van der Waals surface area contributed by atoms with Crippen molar-refractivity contribution < 1.29 is 19.1 Å². The molecule has 2 aromatic rings. The van der Waals surface area contributed by atoms with E-state index in [0.717, 1.165) is 23.0 Å². The molecule has 6 nitrogen and oxygen atoms in total. The van der Waals surface area contributed by atoms with Gasteiger partial charge in [-0.1, -0.05) is 12.1 Å². The van der Waals surface area contributed by atoms with Crippen LogP contribution in [0.2, 0.25) is 0 Å². The third-order valence-corrected chi connectivity index (χ3v) is 3.46. The lowest BCUT2D eigenvalue weighted by molar-refractivity contribution is -0.133. The van der Waals surface area contributed by atoms with Crippen LogP contribution in [0, 0.1) is 6.92 Å². The molecule has 0 atom stereocenters. The molecule has 0 aliphatic rings. The van der Waals surface area contributed by atoms with Crippen molar-refractivity contribution in [2.24, 2.45) is 0 Å². The van der Waals surface area contributed by atoms with Crippen LogP contribution in [0.4, 0.5) is 5.69 Å². The molecule has 0 saturated carbocycles. The van der Waals surface area contributed by atoms with Crippen LogP contribution in [0.5, 0.6) is 0 Å². The number of carbonyl (C=O) groups excluding carboxylic acids is 1. The Hall–Kier alpha value is -2.28. The maximum absolute atomic E-state index is 11.6. The molecule has 0 aliphatic heterocycles. The van der Waals surface area contributed by atoms with E-state index < -0.39 is 5.97 Å². The molecule has 0 spiro atoms. The lowest BCUT2D eigenvalue weighted by Crippen LogP contribution is -2.15. The van der Waals surface area contributed by atoms with Gasteiger partial charge < -0.3 is 14.8 Å². The lowest BCUT2D eigenvalue weighted by atomic mass is 10.1. The average molecular weight is 306 g/mol. The predicted molar refractivity (Wildman–Crippen MR) is 80.3 cm³/mol. The quantitative estimate of drug-likeness (QED) is 0.851. The molecule has 0 aliphatic carbocycles. The first-order valence-corrected chi connectivity index (χ1v) is 7.32. The third kappa shape index (κ3) is 4.64. The third-order valence-electron chi connectivity index (χ3n) is 2.54. The van der Waals surface area contributed by atoms with Crippen LogP contribution in [0.3, 0.4) is 0 Å². The number of carbonyl (C=O) groups is 2. The summed E-state index contributed by atoms with van der Waals surface area (Å²) in [6.07, 6.45) is 1.57. The largest absolute Gasteiger partial charge is 0.481 e. The minimum atomic E-state index is -0.931. The van der Waals surface area contributed by atoms with Crippen molar-refractivity contribution in [1.29, 1.82) is 0 Å². The standard InChI is InChI=1S/C14H14N2O4S/c1-9-15-12(6-20-9)10-2-4-11(5-3-10)16-13(17)7-21-8-14(18)19/h2-6H,7-8H2,1H3,(H,16,17)(H,18,19). The summed E-state index contributed by atoms with van der Waals surface area (Å²) < 4.78 is 5.15. The Labute approximate surface area is 125 Å². The van der Waals surface area contributed by atoms with Crippen molar-refractivity contribution in [3.8, 4) is 11.3 Å². The molecular weight excluding hydrogens is 292 g/mol. The van der Waals surface area contributed by atoms with Crippen LogP contribution in [-0.2, 0) is 9.59 Å². The maximum atomic E-state index is 11.6. The second-order valence-corrected chi connectivity index (χ2v) is 5.25. The van der Waals surface area contributed by atoms with Gasteiger partial charge in [0.25, 0.3) is 0 Å². The Balaban J connectivity index is 1.90. The molecule has 1 heterocycles. The van der Waals surface area contributed by atoms with Crippen molar-refractivity contribution >= 4 is 29.3 Å². The minimum absolute atomic E-state index is 0.0854. The fourth-order valence-electron chi connectivity index (χ4n) is 1.65. The molecule has 0 bridgehead atoms. The van der Waals surface area contributed by atoms with Gasteiger partial charge in [-0.15, -0.1) is 11.8 Å². The molecule has 7 heteroatoms. The number of oxazole rings is 1. The topological polar surface area (TPSA) is 92.4 Å². The van der Waals surface area contributed by atoms with Gasteiger partial charge in [-0.25, -0.2) is 4.98 Å². The maximum Gasteiger partial charge on any atom is 0.313 e. The molecule has 2 rings (SSSR count). The molecule has 0 saturated heterocycles. The van der Waals surface area contributed by atoms with Gasteiger partial charge in [0.15, 0.2) is 5.89 Å². The minimum Gasteiger partial charge on any atom is -0.481 e. The molecular formula is C14H14N2O4S. The van der Waals surface area contributed by atoms with Crippen molar-refractivity contribution in [3.05, 3.63) is 36.4 Å². The van der Waals surface area contributed by atoms with E-state index >= 15 is 0 Å². The zero-order valence-corrected chi connectivity index (χ0v) is 12.1. The summed E-state index contributed by atoms with van der Waals surface area (Å²) in [6.45, 7) is 1.77. The Morgan fingerprint density at radius 2 is 2.00 bits per heavy atom. The number of amides is 1. The van der Waals surface area contributed by atoms with Gasteiger partial charge in [-0.05, 0) is 12.1 Å². The molecule has 0 unspecified atom stereocenters. The predicted octanol–water partition coefficient (Wildman–Crippen LogP) is 2.41. The number of hydrogen-bond acceptors (Lipinski definition) is 5. The summed E-state index contributed by atoms with van der Waals surface area (Å²) in [6, 6.07) is 7.19. The zero-order chi connectivity index (χ0) is 15.2. The van der Waals surface area contributed by atoms with Crippen LogP contribution >= 0.6 is 11.8 Å². The van der Waals surface area contributed by atoms with Crippen molar-refractivity contribution in [2.45, 2.75) is 6.92 Å². The number of nitrogens with one attached hydrogen (secondary N) is 1. The Bertz CT molecular complexity index is 637. The number of nitrogens with zero attached hydrogens (tertiary/aromatic N) is 1. The molecule has 0 radical (unpaired) electrons. The first-order valence-electron chi connectivity index (χ1n) is 6.16. The van der Waals surface area contributed by atoms with E-state index in [1.54, 1.807) is 25.3 Å². The van der Waals surface area contributed by atoms with Crippen LogP contribution in [0.15, 0.2) is 34.9 Å². The van der Waals surface area contributed by atoms with Gasteiger partial charge in [-0.2, -0.15) is 0 Å². The Morgan fingerprint density at radius 1 is 1.29 bits per heavy atom. The summed E-state index contributed by atoms with van der Waals surface area (Å²) in [5.41, 5.74) is 2.28. The van der Waals surface area contributed by atoms with E-state index in [1.165, 1.54) is 0 Å². The smallest absolute Gasteiger partial charge is 0.313 e. The number of anilines is 1. The molecule has 1 aromatic heterocycles. The number of rotatable bonds is 6. The summed E-state index contributed by atoms with van der Waals surface area (Å²) in [5.74, 6) is -0.543. The van der Waals surface area contributed by atoms with Crippen LogP contribution < -0.4 is 5.32 Å². The van der Waals surface area contributed by atoms with Gasteiger partial charge >= 0.3 is 5.97 Å². The highest BCUT2D eigenvalue weighted by atomic mass is 32.2. The molecule has 0 fully saturated rings. The van der Waals surface area contributed by atoms with E-state index in [2.05, 4.69) is 10.3 Å². The molecule has 1 aromatic carbocycles. The van der Waals surface area contributed by atoms with Gasteiger partial charge in [0.05, 0.1) is 11.5 Å². The Morgan fingerprint density at radius 3 is 2.57 bits per heavy atom. The van der Waals surface area contributed by atoms with Crippen LogP contribution in [-0.4, -0.2) is 33.5 Å². The second-order valence-electron chi connectivity index (χ2n) is 4.26. The summed E-state index contributed by atoms with van der Waals surface area (Å²) >= 11 is 1.06. The number of carboxylic acids is 1. The first-order chi connectivity index (χ1) is 10.0. The highest BCUT2D eigenvalue weighted by Crippen LogP contribution is 2.20. The molecule has 21 heavy (non-hydrogen) atoms. The lowest BCUT2D eigenvalue weighted by Gasteiger charge is -2.05. The normalized spacial score (nSPS) is 10.3. The SMILES string of the molecule is Cc1nc(-c2ccc(NC(=O)CSCC(=O)O)cc2)co1. The highest BCUT2D eigenvalue weighted by molar-refractivity contribution is 8.00. The van der Waals surface area contributed by atoms with E-state index in [0.29, 0.717) is 11.6 Å². The van der Waals surface area contributed by atoms with E-state index in [4.69, 9.17) is 9.52 Å². The fraction of sp³-hybridized carbons (Fsp3) is 0.214. The van der Waals surface area contributed by atoms with Crippen molar-refractivity contribution in [3.63, 3.8) is 0 Å². The second kappa shape index (κ2) is 6.94. The van der Waals surface area contributed by atoms with Crippen LogP contribution in [0.1, 0.15) is 5.89 Å². The first kappa shape index (κ1) is 15.1. The zero-order valence-electron chi connectivity index (χ0n) is 11.3. The Kier molecular flexibility index (Phi) is 4.99. The summed E-state index contributed by atoms with van der Waals surface area (Å²) in [7, 11) is 0. The average Bonchev–Trinajstić information content (AvgIpc) is 2.86. The van der Waals surface area contributed by atoms with E-state index in [9.17, 15) is 9.59 Å². The van der Waals surface area contributed by atoms with E-state index in [-0.39, 0.29) is 17.4 Å². The monoisotopic (exact) mass is 306 g/mol.